The van der Waals surface area contributed by atoms with Gasteiger partial charge in [0.1, 0.15) is 5.78 Å². The summed E-state index contributed by atoms with van der Waals surface area (Å²) in [6, 6.07) is 0. The van der Waals surface area contributed by atoms with E-state index in [0.717, 1.165) is 30.4 Å². The highest BCUT2D eigenvalue weighted by atomic mass is 16.1. The van der Waals surface area contributed by atoms with E-state index in [9.17, 15) is 9.59 Å². The summed E-state index contributed by atoms with van der Waals surface area (Å²) in [5, 5.41) is 0. The molecule has 0 aromatic carbocycles. The highest BCUT2D eigenvalue weighted by Gasteiger charge is 2.22. The molecule has 2 nitrogen and oxygen atoms in total. The molecule has 22 heavy (non-hydrogen) atoms. The number of allylic oxidation sites excluding steroid dienone is 6. The van der Waals surface area contributed by atoms with Crippen molar-refractivity contribution in [1.82, 2.24) is 0 Å². The summed E-state index contributed by atoms with van der Waals surface area (Å²) in [5.74, 6) is 0.615. The number of Topliss-reactive ketones (excluding diaryl/α,β-unsaturated/α-hetero) is 1. The molecule has 0 radical (unpaired) electrons. The van der Waals surface area contributed by atoms with E-state index in [4.69, 9.17) is 0 Å². The fraction of sp³-hybridized carbons (Fsp3) is 0.600. The normalized spacial score (nSPS) is 30.0. The lowest BCUT2D eigenvalue weighted by molar-refractivity contribution is -0.122. The molecule has 0 amide bonds. The van der Waals surface area contributed by atoms with E-state index in [1.54, 1.807) is 6.08 Å². The highest BCUT2D eigenvalue weighted by Crippen LogP contribution is 2.32. The van der Waals surface area contributed by atoms with Gasteiger partial charge in [-0.15, -0.1) is 0 Å². The van der Waals surface area contributed by atoms with Crippen molar-refractivity contribution in [3.8, 4) is 0 Å². The molecule has 0 unspecified atom stereocenters. The molecule has 0 aromatic rings. The molecule has 0 bridgehead atoms. The van der Waals surface area contributed by atoms with E-state index in [1.165, 1.54) is 0 Å². The van der Waals surface area contributed by atoms with Crippen LogP contribution < -0.4 is 0 Å². The second-order valence-electron chi connectivity index (χ2n) is 7.27. The molecule has 1 aliphatic rings. The van der Waals surface area contributed by atoms with E-state index >= 15 is 0 Å². The van der Waals surface area contributed by atoms with Crippen molar-refractivity contribution < 1.29 is 9.59 Å². The molecule has 0 fully saturated rings. The third kappa shape index (κ3) is 6.55. The quantitative estimate of drug-likeness (QED) is 0.669. The van der Waals surface area contributed by atoms with Crippen molar-refractivity contribution in [2.45, 2.75) is 66.7 Å². The third-order valence-corrected chi connectivity index (χ3v) is 4.32. The minimum Gasteiger partial charge on any atom is -0.299 e. The number of hydrogen-bond acceptors (Lipinski definition) is 2. The lowest BCUT2D eigenvalue weighted by Crippen LogP contribution is -2.17. The molecule has 0 saturated carbocycles. The number of carbonyl (C=O) groups is 2. The van der Waals surface area contributed by atoms with Crippen molar-refractivity contribution in [2.24, 2.45) is 11.3 Å². The number of hydrogen-bond donors (Lipinski definition) is 0. The van der Waals surface area contributed by atoms with Gasteiger partial charge in [0.15, 0.2) is 5.78 Å². The van der Waals surface area contributed by atoms with Crippen LogP contribution >= 0.6 is 0 Å². The Morgan fingerprint density at radius 1 is 1.27 bits per heavy atom. The first-order valence-corrected chi connectivity index (χ1v) is 8.28. The van der Waals surface area contributed by atoms with Gasteiger partial charge in [-0.25, -0.2) is 0 Å². The van der Waals surface area contributed by atoms with E-state index < -0.39 is 0 Å². The van der Waals surface area contributed by atoms with Gasteiger partial charge in [0, 0.05) is 18.8 Å². The topological polar surface area (TPSA) is 34.1 Å². The number of ketones is 2. The van der Waals surface area contributed by atoms with Crippen LogP contribution in [0, 0.1) is 11.3 Å². The van der Waals surface area contributed by atoms with Crippen LogP contribution in [0.15, 0.2) is 35.5 Å². The predicted molar refractivity (Wildman–Crippen MR) is 92.7 cm³/mol. The summed E-state index contributed by atoms with van der Waals surface area (Å²) in [4.78, 5) is 23.8. The van der Waals surface area contributed by atoms with Crippen molar-refractivity contribution in [3.63, 3.8) is 0 Å². The number of carbonyl (C=O) groups excluding carboxylic acids is 2. The first kappa shape index (κ1) is 18.6. The standard InChI is InChI=1S/C20H30O2/c1-15(2)19(22)9-12-20(5)10-6-7-16(3)13-18(21)14-17(4)8-11-20/h6,8,10,13,15H,7,9,11-12,14H2,1-5H3/b10-6+,16-13-,17-8+/t20-/m0/s1. The maximum atomic E-state index is 11.9. The lowest BCUT2D eigenvalue weighted by Gasteiger charge is -2.25. The van der Waals surface area contributed by atoms with Gasteiger partial charge in [0.2, 0.25) is 0 Å². The molecule has 1 atom stereocenters. The Balaban J connectivity index is 2.90. The third-order valence-electron chi connectivity index (χ3n) is 4.32. The van der Waals surface area contributed by atoms with Gasteiger partial charge in [0.05, 0.1) is 0 Å². The van der Waals surface area contributed by atoms with Crippen LogP contribution in [-0.4, -0.2) is 11.6 Å². The van der Waals surface area contributed by atoms with Gasteiger partial charge in [-0.05, 0) is 44.6 Å². The van der Waals surface area contributed by atoms with Gasteiger partial charge in [-0.3, -0.25) is 9.59 Å². The fourth-order valence-electron chi connectivity index (χ4n) is 2.62. The Labute approximate surface area is 135 Å². The van der Waals surface area contributed by atoms with Crippen molar-refractivity contribution >= 4 is 11.6 Å². The monoisotopic (exact) mass is 302 g/mol. The fourth-order valence-corrected chi connectivity index (χ4v) is 2.62. The minimum absolute atomic E-state index is 0.0144. The van der Waals surface area contributed by atoms with Crippen LogP contribution in [0.3, 0.4) is 0 Å². The van der Waals surface area contributed by atoms with Crippen LogP contribution in [0.1, 0.15) is 66.7 Å². The Kier molecular flexibility index (Phi) is 6.99. The van der Waals surface area contributed by atoms with Crippen LogP contribution in [0.25, 0.3) is 0 Å². The van der Waals surface area contributed by atoms with Gasteiger partial charge in [-0.2, -0.15) is 0 Å². The smallest absolute Gasteiger partial charge is 0.159 e. The Morgan fingerprint density at radius 2 is 1.95 bits per heavy atom. The molecule has 0 saturated heterocycles. The van der Waals surface area contributed by atoms with E-state index in [0.29, 0.717) is 18.6 Å². The SMILES string of the molecule is C/C1=C/C(=O)C/C(C)=C/C[C@@](C)(CCC(=O)C(C)C)/C=C/C1. The summed E-state index contributed by atoms with van der Waals surface area (Å²) >= 11 is 0. The average Bonchev–Trinajstić information content (AvgIpc) is 2.43. The van der Waals surface area contributed by atoms with Crippen LogP contribution in [0.5, 0.6) is 0 Å². The average molecular weight is 302 g/mol. The first-order valence-electron chi connectivity index (χ1n) is 8.28. The van der Waals surface area contributed by atoms with Gasteiger partial charge >= 0.3 is 0 Å². The summed E-state index contributed by atoms with van der Waals surface area (Å²) in [7, 11) is 0. The zero-order valence-corrected chi connectivity index (χ0v) is 14.7. The molecule has 0 aromatic heterocycles. The summed E-state index contributed by atoms with van der Waals surface area (Å²) in [6.45, 7) is 10.1. The zero-order valence-electron chi connectivity index (χ0n) is 14.7. The zero-order chi connectivity index (χ0) is 16.8. The van der Waals surface area contributed by atoms with Crippen molar-refractivity contribution in [2.75, 3.05) is 0 Å². The van der Waals surface area contributed by atoms with Crippen LogP contribution in [-0.2, 0) is 9.59 Å². The summed E-state index contributed by atoms with van der Waals surface area (Å²) in [5.41, 5.74) is 2.20. The molecule has 0 spiro atoms. The Hall–Kier alpha value is -1.44. The molecular formula is C20H30O2. The Bertz CT molecular complexity index is 506. The molecule has 0 heterocycles. The summed E-state index contributed by atoms with van der Waals surface area (Å²) in [6.07, 6.45) is 12.0. The van der Waals surface area contributed by atoms with Gasteiger partial charge in [-0.1, -0.05) is 50.1 Å². The van der Waals surface area contributed by atoms with E-state index in [1.807, 2.05) is 27.7 Å². The second kappa shape index (κ2) is 8.26. The molecule has 0 N–H and O–H groups in total. The van der Waals surface area contributed by atoms with Crippen molar-refractivity contribution in [3.05, 3.63) is 35.5 Å². The first-order chi connectivity index (χ1) is 10.2. The second-order valence-corrected chi connectivity index (χ2v) is 7.27. The van der Waals surface area contributed by atoms with E-state index in [2.05, 4.69) is 25.2 Å². The maximum absolute atomic E-state index is 11.9. The minimum atomic E-state index is -0.0144. The molecular weight excluding hydrogens is 272 g/mol. The molecule has 0 aliphatic heterocycles. The molecule has 1 aliphatic carbocycles. The van der Waals surface area contributed by atoms with Crippen molar-refractivity contribution in [1.29, 1.82) is 0 Å². The lowest BCUT2D eigenvalue weighted by atomic mass is 9.79. The van der Waals surface area contributed by atoms with Gasteiger partial charge in [0.25, 0.3) is 0 Å². The maximum Gasteiger partial charge on any atom is 0.159 e. The highest BCUT2D eigenvalue weighted by molar-refractivity contribution is 5.91. The Morgan fingerprint density at radius 3 is 2.59 bits per heavy atom. The van der Waals surface area contributed by atoms with Crippen LogP contribution in [0.2, 0.25) is 0 Å². The van der Waals surface area contributed by atoms with Gasteiger partial charge < -0.3 is 0 Å². The largest absolute Gasteiger partial charge is 0.299 e. The number of rotatable bonds is 4. The predicted octanol–water partition coefficient (Wildman–Crippen LogP) is 5.20. The van der Waals surface area contributed by atoms with E-state index in [-0.39, 0.29) is 17.1 Å². The molecule has 122 valence electrons. The molecule has 2 heteroatoms. The molecule has 1 rings (SSSR count). The van der Waals surface area contributed by atoms with Crippen LogP contribution in [0.4, 0.5) is 0 Å². The summed E-state index contributed by atoms with van der Waals surface area (Å²) < 4.78 is 0.